The molecule has 340 valence electrons. The first-order valence-corrected chi connectivity index (χ1v) is 25.2. The second-order valence-corrected chi connectivity index (χ2v) is 17.2. The number of carboxylic acids is 1. The smallest absolute Gasteiger partial charge is 0.326 e. The van der Waals surface area contributed by atoms with Gasteiger partial charge in [-0.2, -0.15) is 0 Å². The molecule has 0 aromatic rings. The van der Waals surface area contributed by atoms with Gasteiger partial charge in [-0.15, -0.1) is 0 Å². The minimum atomic E-state index is -1.00. The van der Waals surface area contributed by atoms with E-state index in [1.807, 2.05) is 0 Å². The summed E-state index contributed by atoms with van der Waals surface area (Å²) in [4.78, 5) is 36.5. The van der Waals surface area contributed by atoms with Crippen LogP contribution in [0.1, 0.15) is 264 Å². The van der Waals surface area contributed by atoms with Crippen molar-refractivity contribution in [2.24, 2.45) is 5.73 Å². The molecule has 0 aliphatic carbocycles. The predicted octanol–water partition coefficient (Wildman–Crippen LogP) is 14.8. The van der Waals surface area contributed by atoms with Crippen molar-refractivity contribution >= 4 is 17.8 Å². The molecule has 1 amide bonds. The van der Waals surface area contributed by atoms with E-state index in [1.54, 1.807) is 0 Å². The molecule has 0 heterocycles. The Hall–Kier alpha value is -2.15. The Bertz CT molecular complexity index is 967. The van der Waals surface area contributed by atoms with Crippen molar-refractivity contribution in [1.82, 2.24) is 5.32 Å². The highest BCUT2D eigenvalue weighted by Crippen LogP contribution is 2.19. The summed E-state index contributed by atoms with van der Waals surface area (Å²) in [5.41, 5.74) is 5.50. The standard InChI is InChI=1S/C51H96N2O5/c1-3-5-7-9-11-13-15-17-19-20-21-22-24-26-28-30-35-39-45-50(55)58-47(41-36-32-29-27-25-23-18-16-14-12-10-8-6-4-2)42-37-33-31-34-38-44-49(54)53-48(51(56)57)43-40-46-52/h13,15,19-20,47-48H,3-12,14,16-18,21-46,52H2,1-2H3,(H,53,54)(H,56,57)/b15-13-,20-19-. The third-order valence-electron chi connectivity index (χ3n) is 11.5. The van der Waals surface area contributed by atoms with Crippen LogP contribution in [0.25, 0.3) is 0 Å². The van der Waals surface area contributed by atoms with Crippen LogP contribution in [0, 0.1) is 0 Å². The first-order valence-electron chi connectivity index (χ1n) is 25.2. The van der Waals surface area contributed by atoms with Crippen LogP contribution < -0.4 is 11.1 Å². The molecule has 0 saturated carbocycles. The maximum absolute atomic E-state index is 12.9. The zero-order chi connectivity index (χ0) is 42.4. The van der Waals surface area contributed by atoms with Crippen molar-refractivity contribution in [3.63, 3.8) is 0 Å². The lowest BCUT2D eigenvalue weighted by molar-refractivity contribution is -0.150. The molecule has 7 nitrogen and oxygen atoms in total. The molecule has 0 aliphatic heterocycles. The van der Waals surface area contributed by atoms with Gasteiger partial charge in [0.25, 0.3) is 0 Å². The van der Waals surface area contributed by atoms with E-state index in [9.17, 15) is 19.5 Å². The van der Waals surface area contributed by atoms with E-state index in [0.717, 1.165) is 70.6 Å². The molecule has 7 heteroatoms. The maximum Gasteiger partial charge on any atom is 0.326 e. The molecule has 0 bridgehead atoms. The van der Waals surface area contributed by atoms with Gasteiger partial charge in [-0.3, -0.25) is 9.59 Å². The first kappa shape index (κ1) is 55.9. The van der Waals surface area contributed by atoms with E-state index in [4.69, 9.17) is 10.5 Å². The van der Waals surface area contributed by atoms with Gasteiger partial charge in [0.05, 0.1) is 0 Å². The van der Waals surface area contributed by atoms with E-state index in [1.165, 1.54) is 154 Å². The van der Waals surface area contributed by atoms with Gasteiger partial charge in [0.1, 0.15) is 12.1 Å². The normalized spacial score (nSPS) is 12.7. The Kier molecular flexibility index (Phi) is 44.2. The number of nitrogens with one attached hydrogen (secondary N) is 1. The summed E-state index contributed by atoms with van der Waals surface area (Å²) in [7, 11) is 0. The fourth-order valence-corrected chi connectivity index (χ4v) is 7.72. The third kappa shape index (κ3) is 42.0. The van der Waals surface area contributed by atoms with Gasteiger partial charge in [-0.1, -0.05) is 192 Å². The Labute approximate surface area is 359 Å². The molecule has 58 heavy (non-hydrogen) atoms. The number of nitrogens with two attached hydrogens (primary N) is 1. The molecule has 0 spiro atoms. The van der Waals surface area contributed by atoms with E-state index in [2.05, 4.69) is 43.5 Å². The van der Waals surface area contributed by atoms with Crippen LogP contribution in [0.4, 0.5) is 0 Å². The largest absolute Gasteiger partial charge is 0.480 e. The lowest BCUT2D eigenvalue weighted by Crippen LogP contribution is -2.40. The van der Waals surface area contributed by atoms with Crippen LogP contribution in [0.5, 0.6) is 0 Å². The topological polar surface area (TPSA) is 119 Å². The van der Waals surface area contributed by atoms with Crippen molar-refractivity contribution in [3.8, 4) is 0 Å². The summed E-state index contributed by atoms with van der Waals surface area (Å²) in [5.74, 6) is -1.22. The van der Waals surface area contributed by atoms with Crippen molar-refractivity contribution in [2.45, 2.75) is 276 Å². The Balaban J connectivity index is 4.29. The number of carbonyl (C=O) groups is 3. The summed E-state index contributed by atoms with van der Waals surface area (Å²) in [6, 6.07) is -0.856. The molecule has 0 rings (SSSR count). The number of hydrogen-bond acceptors (Lipinski definition) is 5. The molecule has 0 aromatic carbocycles. The van der Waals surface area contributed by atoms with Crippen LogP contribution in [0.3, 0.4) is 0 Å². The fraction of sp³-hybridized carbons (Fsp3) is 0.863. The van der Waals surface area contributed by atoms with E-state index >= 15 is 0 Å². The highest BCUT2D eigenvalue weighted by Gasteiger charge is 2.19. The van der Waals surface area contributed by atoms with Gasteiger partial charge in [-0.05, 0) is 90.0 Å². The molecule has 0 aliphatic rings. The number of allylic oxidation sites excluding steroid dienone is 4. The minimum Gasteiger partial charge on any atom is -0.480 e. The lowest BCUT2D eigenvalue weighted by atomic mass is 10.0. The maximum atomic E-state index is 12.9. The van der Waals surface area contributed by atoms with Crippen LogP contribution in [-0.4, -0.2) is 41.6 Å². The molecule has 2 unspecified atom stereocenters. The zero-order valence-corrected chi connectivity index (χ0v) is 38.4. The second kappa shape index (κ2) is 45.9. The Morgan fingerprint density at radius 1 is 0.500 bits per heavy atom. The molecule has 0 aromatic heterocycles. The Morgan fingerprint density at radius 3 is 1.34 bits per heavy atom. The van der Waals surface area contributed by atoms with Gasteiger partial charge in [0.2, 0.25) is 5.91 Å². The summed E-state index contributed by atoms with van der Waals surface area (Å²) >= 11 is 0. The van der Waals surface area contributed by atoms with Crippen LogP contribution in [0.2, 0.25) is 0 Å². The molecule has 0 fully saturated rings. The number of rotatable bonds is 46. The molecule has 2 atom stereocenters. The van der Waals surface area contributed by atoms with Crippen LogP contribution >= 0.6 is 0 Å². The highest BCUT2D eigenvalue weighted by atomic mass is 16.5. The van der Waals surface area contributed by atoms with E-state index in [-0.39, 0.29) is 18.0 Å². The Morgan fingerprint density at radius 2 is 0.897 bits per heavy atom. The molecular formula is C51H96N2O5. The van der Waals surface area contributed by atoms with Crippen molar-refractivity contribution in [2.75, 3.05) is 6.54 Å². The number of hydrogen-bond donors (Lipinski definition) is 3. The highest BCUT2D eigenvalue weighted by molar-refractivity contribution is 5.83. The lowest BCUT2D eigenvalue weighted by Gasteiger charge is -2.18. The summed E-state index contributed by atoms with van der Waals surface area (Å²) < 4.78 is 6.08. The minimum absolute atomic E-state index is 0.0118. The number of carboxylic acid groups (broad SMARTS) is 1. The van der Waals surface area contributed by atoms with Crippen molar-refractivity contribution in [1.29, 1.82) is 0 Å². The number of unbranched alkanes of at least 4 members (excludes halogenated alkanes) is 28. The zero-order valence-electron chi connectivity index (χ0n) is 38.4. The number of amides is 1. The van der Waals surface area contributed by atoms with Crippen LogP contribution in [-0.2, 0) is 19.1 Å². The number of esters is 1. The molecular weight excluding hydrogens is 721 g/mol. The van der Waals surface area contributed by atoms with Crippen molar-refractivity contribution in [3.05, 3.63) is 24.3 Å². The summed E-state index contributed by atoms with van der Waals surface area (Å²) in [5, 5.41) is 12.0. The van der Waals surface area contributed by atoms with Gasteiger partial charge in [0, 0.05) is 12.8 Å². The third-order valence-corrected chi connectivity index (χ3v) is 11.5. The molecule has 0 saturated heterocycles. The quantitative estimate of drug-likeness (QED) is 0.0320. The van der Waals surface area contributed by atoms with Crippen LogP contribution in [0.15, 0.2) is 24.3 Å². The summed E-state index contributed by atoms with van der Waals surface area (Å²) in [6.07, 6.45) is 53.7. The molecule has 4 N–H and O–H groups in total. The SMILES string of the molecule is CCCCCC/C=C\C/C=C\CCCCCCCCCC(=O)OC(CCCCCCCCCCCCCCCC)CCCCCCCC(=O)NC(CCCN)C(=O)O. The average Bonchev–Trinajstić information content (AvgIpc) is 3.21. The first-order chi connectivity index (χ1) is 28.4. The van der Waals surface area contributed by atoms with Crippen molar-refractivity contribution < 1.29 is 24.2 Å². The van der Waals surface area contributed by atoms with Gasteiger partial charge in [-0.25, -0.2) is 4.79 Å². The van der Waals surface area contributed by atoms with Gasteiger partial charge in [0.15, 0.2) is 0 Å². The number of aliphatic carboxylic acids is 1. The average molecular weight is 817 g/mol. The fourth-order valence-electron chi connectivity index (χ4n) is 7.72. The van der Waals surface area contributed by atoms with Gasteiger partial charge >= 0.3 is 11.9 Å². The van der Waals surface area contributed by atoms with E-state index < -0.39 is 12.0 Å². The molecule has 0 radical (unpaired) electrons. The van der Waals surface area contributed by atoms with Gasteiger partial charge < -0.3 is 20.9 Å². The number of ether oxygens (including phenoxy) is 1. The number of carbonyl (C=O) groups excluding carboxylic acids is 2. The monoisotopic (exact) mass is 817 g/mol. The second-order valence-electron chi connectivity index (χ2n) is 17.2. The predicted molar refractivity (Wildman–Crippen MR) is 248 cm³/mol. The van der Waals surface area contributed by atoms with E-state index in [0.29, 0.717) is 32.2 Å². The summed E-state index contributed by atoms with van der Waals surface area (Å²) in [6.45, 7) is 4.95.